The number of aromatic nitrogens is 4. The second-order valence-electron chi connectivity index (χ2n) is 8.02. The van der Waals surface area contributed by atoms with E-state index >= 15 is 0 Å². The molecule has 0 aliphatic carbocycles. The molecule has 0 spiro atoms. The van der Waals surface area contributed by atoms with Crippen LogP contribution in [-0.4, -0.2) is 56.4 Å². The molecule has 0 aromatic carbocycles. The van der Waals surface area contributed by atoms with Gasteiger partial charge in [0, 0.05) is 0 Å². The molecule has 2 aliphatic rings. The Morgan fingerprint density at radius 2 is 2.17 bits per heavy atom. The lowest BCUT2D eigenvalue weighted by Crippen LogP contribution is -2.48. The first kappa shape index (κ1) is 19.7. The zero-order chi connectivity index (χ0) is 21.0. The highest BCUT2D eigenvalue weighted by atomic mass is 32.1. The fourth-order valence-electron chi connectivity index (χ4n) is 3.96. The first-order valence-electron chi connectivity index (χ1n) is 9.91. The van der Waals surface area contributed by atoms with E-state index < -0.39 is 18.2 Å². The van der Waals surface area contributed by atoms with Crippen molar-refractivity contribution in [2.75, 3.05) is 11.9 Å². The van der Waals surface area contributed by atoms with Gasteiger partial charge in [-0.05, 0) is 30.4 Å². The van der Waals surface area contributed by atoms with Crippen LogP contribution in [0.2, 0.25) is 0 Å². The third kappa shape index (κ3) is 3.24. The average molecular weight is 431 g/mol. The Labute approximate surface area is 176 Å². The predicted octanol–water partition coefficient (Wildman–Crippen LogP) is 3.01. The Bertz CT molecular complexity index is 1110. The molecule has 2 N–H and O–H groups in total. The molecule has 2 bridgehead atoms. The smallest absolute Gasteiger partial charge is 0.223 e. The Morgan fingerprint density at radius 1 is 1.33 bits per heavy atom. The fraction of sp³-hybridized carbons (Fsp3) is 0.500. The van der Waals surface area contributed by atoms with Gasteiger partial charge in [-0.3, -0.25) is 0 Å². The van der Waals surface area contributed by atoms with Crippen molar-refractivity contribution in [1.29, 1.82) is 0 Å². The van der Waals surface area contributed by atoms with Crippen LogP contribution in [0.25, 0.3) is 20.8 Å². The molecule has 0 radical (unpaired) electrons. The maximum absolute atomic E-state index is 14.7. The summed E-state index contributed by atoms with van der Waals surface area (Å²) < 4.78 is 26.7. The minimum Gasteiger partial charge on any atom is -0.386 e. The van der Waals surface area contributed by atoms with Crippen molar-refractivity contribution in [1.82, 2.24) is 20.2 Å². The number of ether oxygens (including phenoxy) is 2. The molecule has 3 aromatic heterocycles. The van der Waals surface area contributed by atoms with E-state index in [9.17, 15) is 9.50 Å². The van der Waals surface area contributed by atoms with Crippen molar-refractivity contribution in [3.05, 3.63) is 29.3 Å². The van der Waals surface area contributed by atoms with Gasteiger partial charge in [-0.25, -0.2) is 14.4 Å². The molecular weight excluding hydrogens is 409 g/mol. The lowest BCUT2D eigenvalue weighted by molar-refractivity contribution is -0.156. The van der Waals surface area contributed by atoms with Crippen molar-refractivity contribution < 1.29 is 19.0 Å². The lowest BCUT2D eigenvalue weighted by Gasteiger charge is -2.32. The lowest BCUT2D eigenvalue weighted by atomic mass is 10.0. The number of aliphatic hydroxyl groups excluding tert-OH is 1. The summed E-state index contributed by atoms with van der Waals surface area (Å²) >= 11 is 1.46. The molecule has 158 valence electrons. The second kappa shape index (κ2) is 7.45. The number of anilines is 1. The number of fused-ring (bicyclic) bond motifs is 3. The summed E-state index contributed by atoms with van der Waals surface area (Å²) in [5.74, 6) is 0.0166. The van der Waals surface area contributed by atoms with Gasteiger partial charge in [0.05, 0.1) is 40.7 Å². The van der Waals surface area contributed by atoms with Crippen LogP contribution in [0.5, 0.6) is 0 Å². The molecule has 2 fully saturated rings. The summed E-state index contributed by atoms with van der Waals surface area (Å²) in [5.41, 5.74) is 2.89. The minimum absolute atomic E-state index is 0.0753. The zero-order valence-corrected chi connectivity index (χ0v) is 17.6. The van der Waals surface area contributed by atoms with Gasteiger partial charge in [-0.2, -0.15) is 5.10 Å². The largest absolute Gasteiger partial charge is 0.386 e. The molecule has 0 unspecified atom stereocenters. The van der Waals surface area contributed by atoms with E-state index in [1.54, 1.807) is 6.20 Å². The van der Waals surface area contributed by atoms with Crippen LogP contribution >= 0.6 is 11.3 Å². The van der Waals surface area contributed by atoms with Crippen LogP contribution in [0.4, 0.5) is 10.3 Å². The topological polar surface area (TPSA) is 102 Å². The fourth-order valence-corrected chi connectivity index (χ4v) is 5.35. The standard InChI is InChI=1S/C20H22FN5O3S/c1-8(2)11-5-23-26-14-9(3)17(30-18(11)14)15-12(21)6-22-20(25-15)24-13-4-10-7-28-19(29-10)16(13)27/h5-6,8,10,13,16,19,27H,4,7H2,1-3H3,(H,22,24,25)/t10-,13+,16-,19+/m0/s1. The highest BCUT2D eigenvalue weighted by Crippen LogP contribution is 2.40. The first-order chi connectivity index (χ1) is 14.4. The van der Waals surface area contributed by atoms with Crippen molar-refractivity contribution in [2.24, 2.45) is 0 Å². The number of hydrogen-bond acceptors (Lipinski definition) is 9. The number of rotatable bonds is 4. The maximum Gasteiger partial charge on any atom is 0.223 e. The third-order valence-electron chi connectivity index (χ3n) is 5.61. The molecule has 3 aromatic rings. The summed E-state index contributed by atoms with van der Waals surface area (Å²) in [4.78, 5) is 9.22. The summed E-state index contributed by atoms with van der Waals surface area (Å²) in [7, 11) is 0. The highest BCUT2D eigenvalue weighted by Gasteiger charge is 2.43. The number of nitrogens with zero attached hydrogens (tertiary/aromatic N) is 4. The van der Waals surface area contributed by atoms with E-state index in [0.29, 0.717) is 17.9 Å². The number of thiophene rings is 1. The SMILES string of the molecule is Cc1c(-c2nc(N[C@@H]3C[C@H]4CO[C@H](O4)[C@H]3O)ncc2F)sc2c(C(C)C)cnnc12. The number of halogens is 1. The van der Waals surface area contributed by atoms with Gasteiger partial charge in [-0.15, -0.1) is 16.4 Å². The van der Waals surface area contributed by atoms with E-state index in [1.165, 1.54) is 11.3 Å². The molecule has 5 heterocycles. The molecule has 30 heavy (non-hydrogen) atoms. The Morgan fingerprint density at radius 3 is 2.97 bits per heavy atom. The van der Waals surface area contributed by atoms with Gasteiger partial charge in [-0.1, -0.05) is 13.8 Å². The van der Waals surface area contributed by atoms with Gasteiger partial charge in [0.15, 0.2) is 12.1 Å². The van der Waals surface area contributed by atoms with Crippen molar-refractivity contribution in [2.45, 2.75) is 57.6 Å². The van der Waals surface area contributed by atoms with Gasteiger partial charge in [0.2, 0.25) is 5.95 Å². The van der Waals surface area contributed by atoms with Crippen molar-refractivity contribution in [3.63, 3.8) is 0 Å². The molecular formula is C20H22FN5O3S. The molecule has 10 heteroatoms. The van der Waals surface area contributed by atoms with Crippen LogP contribution in [0.1, 0.15) is 37.3 Å². The Hall–Kier alpha value is -2.27. The van der Waals surface area contributed by atoms with Crippen LogP contribution < -0.4 is 5.32 Å². The Balaban J connectivity index is 1.51. The molecule has 0 amide bonds. The normalized spacial score (nSPS) is 25.9. The minimum atomic E-state index is -0.851. The molecule has 4 atom stereocenters. The van der Waals surface area contributed by atoms with E-state index in [0.717, 1.165) is 27.5 Å². The van der Waals surface area contributed by atoms with E-state index in [4.69, 9.17) is 9.47 Å². The van der Waals surface area contributed by atoms with E-state index in [-0.39, 0.29) is 29.7 Å². The number of aliphatic hydroxyl groups is 1. The highest BCUT2D eigenvalue weighted by molar-refractivity contribution is 7.22. The number of hydrogen-bond donors (Lipinski definition) is 2. The van der Waals surface area contributed by atoms with E-state index in [2.05, 4.69) is 39.3 Å². The van der Waals surface area contributed by atoms with Gasteiger partial charge < -0.3 is 19.9 Å². The van der Waals surface area contributed by atoms with Gasteiger partial charge in [0.1, 0.15) is 17.3 Å². The van der Waals surface area contributed by atoms with Gasteiger partial charge >= 0.3 is 0 Å². The second-order valence-corrected chi connectivity index (χ2v) is 9.04. The summed E-state index contributed by atoms with van der Waals surface area (Å²) in [6, 6.07) is -0.337. The summed E-state index contributed by atoms with van der Waals surface area (Å²) in [6.07, 6.45) is 1.89. The van der Waals surface area contributed by atoms with Crippen LogP contribution in [-0.2, 0) is 9.47 Å². The van der Waals surface area contributed by atoms with Crippen molar-refractivity contribution >= 4 is 27.5 Å². The maximum atomic E-state index is 14.7. The van der Waals surface area contributed by atoms with Crippen LogP contribution in [0.3, 0.4) is 0 Å². The van der Waals surface area contributed by atoms with Crippen molar-refractivity contribution in [3.8, 4) is 10.6 Å². The predicted molar refractivity (Wildman–Crippen MR) is 110 cm³/mol. The molecule has 0 saturated carbocycles. The number of nitrogens with one attached hydrogen (secondary N) is 1. The van der Waals surface area contributed by atoms with Crippen LogP contribution in [0.15, 0.2) is 12.4 Å². The molecule has 8 nitrogen and oxygen atoms in total. The van der Waals surface area contributed by atoms with Crippen LogP contribution in [0, 0.1) is 12.7 Å². The summed E-state index contributed by atoms with van der Waals surface area (Å²) in [5, 5.41) is 21.9. The molecule has 5 rings (SSSR count). The molecule has 2 saturated heterocycles. The average Bonchev–Trinajstić information content (AvgIpc) is 3.29. The monoisotopic (exact) mass is 431 g/mol. The zero-order valence-electron chi connectivity index (χ0n) is 16.8. The Kier molecular flexibility index (Phi) is 4.89. The number of aryl methyl sites for hydroxylation is 1. The quantitative estimate of drug-likeness (QED) is 0.650. The van der Waals surface area contributed by atoms with Gasteiger partial charge in [0.25, 0.3) is 0 Å². The third-order valence-corrected chi connectivity index (χ3v) is 6.95. The summed E-state index contributed by atoms with van der Waals surface area (Å²) in [6.45, 7) is 6.54. The molecule has 2 aliphatic heterocycles. The van der Waals surface area contributed by atoms with E-state index in [1.807, 2.05) is 6.92 Å². The first-order valence-corrected chi connectivity index (χ1v) is 10.7.